The molecule has 1 aromatic heterocycles. The van der Waals surface area contributed by atoms with Crippen molar-refractivity contribution in [1.29, 1.82) is 0 Å². The van der Waals surface area contributed by atoms with Crippen molar-refractivity contribution in [2.24, 2.45) is 11.4 Å². The lowest BCUT2D eigenvalue weighted by molar-refractivity contribution is 0.459. The molecule has 0 saturated heterocycles. The first-order valence-corrected chi connectivity index (χ1v) is 9.29. The molecule has 0 aliphatic carbocycles. The zero-order chi connectivity index (χ0) is 16.7. The first-order valence-electron chi connectivity index (χ1n) is 6.28. The monoisotopic (exact) mass is 380 g/mol. The van der Waals surface area contributed by atoms with E-state index in [-0.39, 0.29) is 20.6 Å². The van der Waals surface area contributed by atoms with Gasteiger partial charge < -0.3 is 9.67 Å². The molecular weight excluding hydrogens is 367 g/mol. The number of phenols is 1. The maximum absolute atomic E-state index is 12.4. The second-order valence-corrected chi connectivity index (χ2v) is 8.31. The second-order valence-electron chi connectivity index (χ2n) is 4.93. The van der Waals surface area contributed by atoms with Crippen LogP contribution in [-0.2, 0) is 17.1 Å². The van der Waals surface area contributed by atoms with Crippen molar-refractivity contribution in [3.05, 3.63) is 38.1 Å². The van der Waals surface area contributed by atoms with E-state index >= 15 is 0 Å². The third-order valence-corrected chi connectivity index (χ3v) is 6.56. The number of sulfonamides is 1. The summed E-state index contributed by atoms with van der Waals surface area (Å²) in [7, 11) is -2.46. The van der Waals surface area contributed by atoms with Gasteiger partial charge in [-0.3, -0.25) is 0 Å². The number of aromatic hydroxyl groups is 1. The number of phenolic OH excluding ortho intramolecular Hbond substituents is 1. The van der Waals surface area contributed by atoms with Crippen molar-refractivity contribution < 1.29 is 13.5 Å². The third-order valence-electron chi connectivity index (χ3n) is 2.91. The number of halogens is 2. The van der Waals surface area contributed by atoms with Gasteiger partial charge in [0, 0.05) is 16.9 Å². The van der Waals surface area contributed by atoms with E-state index in [2.05, 4.69) is 4.40 Å². The van der Waals surface area contributed by atoms with Crippen LogP contribution in [0, 0.1) is 0 Å². The van der Waals surface area contributed by atoms with Gasteiger partial charge in [-0.2, -0.15) is 8.42 Å². The Balaban J connectivity index is 2.66. The summed E-state index contributed by atoms with van der Waals surface area (Å²) in [4.78, 5) is 0.733. The van der Waals surface area contributed by atoms with E-state index in [1.807, 2.05) is 13.8 Å². The molecule has 0 bridgehead atoms. The van der Waals surface area contributed by atoms with Crippen molar-refractivity contribution >= 4 is 44.6 Å². The first-order chi connectivity index (χ1) is 10.1. The lowest BCUT2D eigenvalue weighted by Crippen LogP contribution is -2.14. The molecule has 0 saturated carbocycles. The van der Waals surface area contributed by atoms with E-state index in [9.17, 15) is 13.5 Å². The number of thiazole rings is 1. The molecule has 0 fully saturated rings. The molecular formula is C13H14Cl2N2O3S2. The van der Waals surface area contributed by atoms with Crippen molar-refractivity contribution in [3.8, 4) is 5.75 Å². The summed E-state index contributed by atoms with van der Waals surface area (Å²) in [6, 6.07) is 3.77. The Bertz CT molecular complexity index is 883. The molecule has 2 aromatic rings. The van der Waals surface area contributed by atoms with Gasteiger partial charge in [-0.1, -0.05) is 48.4 Å². The lowest BCUT2D eigenvalue weighted by atomic mass is 10.2. The van der Waals surface area contributed by atoms with Gasteiger partial charge in [0.1, 0.15) is 15.8 Å². The Hall–Kier alpha value is -1.02. The van der Waals surface area contributed by atoms with Crippen LogP contribution in [-0.4, -0.2) is 18.1 Å². The lowest BCUT2D eigenvalue weighted by Gasteiger charge is -2.02. The van der Waals surface area contributed by atoms with Gasteiger partial charge in [-0.05, 0) is 24.1 Å². The predicted molar refractivity (Wildman–Crippen MR) is 88.3 cm³/mol. The summed E-state index contributed by atoms with van der Waals surface area (Å²) in [6.45, 7) is 3.91. The van der Waals surface area contributed by atoms with Crippen LogP contribution in [0.15, 0.2) is 27.5 Å². The molecule has 9 heteroatoms. The average molecular weight is 381 g/mol. The minimum atomic E-state index is -4.10. The summed E-state index contributed by atoms with van der Waals surface area (Å²) in [5, 5.41) is 10.4. The van der Waals surface area contributed by atoms with Gasteiger partial charge in [0.2, 0.25) is 4.80 Å². The van der Waals surface area contributed by atoms with Crippen molar-refractivity contribution in [2.75, 3.05) is 0 Å². The molecule has 0 radical (unpaired) electrons. The van der Waals surface area contributed by atoms with Crippen LogP contribution < -0.4 is 4.80 Å². The number of rotatable bonds is 3. The first kappa shape index (κ1) is 17.3. The topological polar surface area (TPSA) is 71.7 Å². The Morgan fingerprint density at radius 1 is 1.32 bits per heavy atom. The van der Waals surface area contributed by atoms with Crippen LogP contribution >= 0.6 is 34.5 Å². The van der Waals surface area contributed by atoms with Gasteiger partial charge in [-0.15, -0.1) is 4.40 Å². The van der Waals surface area contributed by atoms with Gasteiger partial charge in [-0.25, -0.2) is 0 Å². The highest BCUT2D eigenvalue weighted by atomic mass is 35.5. The molecule has 5 nitrogen and oxygen atoms in total. The molecule has 0 aliphatic rings. The SMILES string of the molecule is CC(C)c1s/c(=N\S(=O)(=O)c2cc(Cl)ccc2O)n(C)c1Cl. The fraction of sp³-hybridized carbons (Fsp3) is 0.308. The van der Waals surface area contributed by atoms with E-state index in [1.165, 1.54) is 28.0 Å². The number of hydrogen-bond acceptors (Lipinski definition) is 4. The zero-order valence-electron chi connectivity index (χ0n) is 12.0. The number of hydrogen-bond donors (Lipinski definition) is 1. The molecule has 0 unspecified atom stereocenters. The highest BCUT2D eigenvalue weighted by molar-refractivity contribution is 7.90. The molecule has 0 atom stereocenters. The Morgan fingerprint density at radius 3 is 2.50 bits per heavy atom. The Morgan fingerprint density at radius 2 is 1.95 bits per heavy atom. The van der Waals surface area contributed by atoms with Crippen molar-refractivity contribution in [1.82, 2.24) is 4.57 Å². The summed E-state index contributed by atoms with van der Waals surface area (Å²) < 4.78 is 30.0. The number of benzene rings is 1. The Kier molecular flexibility index (Phi) is 4.91. The van der Waals surface area contributed by atoms with E-state index in [4.69, 9.17) is 23.2 Å². The van der Waals surface area contributed by atoms with Gasteiger partial charge in [0.15, 0.2) is 0 Å². The molecule has 2 rings (SSSR count). The van der Waals surface area contributed by atoms with Gasteiger partial charge in [0.05, 0.1) is 0 Å². The minimum Gasteiger partial charge on any atom is -0.507 e. The summed E-state index contributed by atoms with van der Waals surface area (Å²) >= 11 is 13.2. The van der Waals surface area contributed by atoms with Crippen LogP contribution in [0.2, 0.25) is 10.2 Å². The molecule has 0 spiro atoms. The Labute approximate surface area is 142 Å². The smallest absolute Gasteiger partial charge is 0.288 e. The van der Waals surface area contributed by atoms with Gasteiger partial charge in [0.25, 0.3) is 10.0 Å². The highest BCUT2D eigenvalue weighted by Gasteiger charge is 2.20. The quantitative estimate of drug-likeness (QED) is 0.885. The highest BCUT2D eigenvalue weighted by Crippen LogP contribution is 2.29. The summed E-state index contributed by atoms with van der Waals surface area (Å²) in [5.41, 5.74) is 0. The summed E-state index contributed by atoms with van der Waals surface area (Å²) in [6.07, 6.45) is 0. The summed E-state index contributed by atoms with van der Waals surface area (Å²) in [5.74, 6) is -0.252. The molecule has 0 aliphatic heterocycles. The fourth-order valence-electron chi connectivity index (χ4n) is 1.74. The van der Waals surface area contributed by atoms with Crippen LogP contribution in [0.4, 0.5) is 0 Å². The standard InChI is InChI=1S/C13H14Cl2N2O3S2/c1-7(2)11-12(15)17(3)13(21-11)16-22(19,20)10-6-8(14)4-5-9(10)18/h4-7,18H,1-3H3/b16-13-. The van der Waals surface area contributed by atoms with E-state index < -0.39 is 15.8 Å². The molecule has 1 N–H and O–H groups in total. The minimum absolute atomic E-state index is 0.148. The molecule has 1 heterocycles. The van der Waals surface area contributed by atoms with E-state index in [1.54, 1.807) is 7.05 Å². The van der Waals surface area contributed by atoms with Crippen LogP contribution in [0.5, 0.6) is 5.75 Å². The maximum atomic E-state index is 12.4. The predicted octanol–water partition coefficient (Wildman–Crippen LogP) is 3.51. The zero-order valence-corrected chi connectivity index (χ0v) is 15.2. The average Bonchev–Trinajstić information content (AvgIpc) is 2.69. The second kappa shape index (κ2) is 6.23. The van der Waals surface area contributed by atoms with Crippen LogP contribution in [0.25, 0.3) is 0 Å². The molecule has 120 valence electrons. The maximum Gasteiger partial charge on any atom is 0.288 e. The van der Waals surface area contributed by atoms with E-state index in [0.717, 1.165) is 10.9 Å². The molecule has 0 amide bonds. The van der Waals surface area contributed by atoms with Crippen molar-refractivity contribution in [2.45, 2.75) is 24.7 Å². The van der Waals surface area contributed by atoms with Crippen LogP contribution in [0.3, 0.4) is 0 Å². The number of aromatic nitrogens is 1. The normalized spacial score (nSPS) is 13.1. The molecule has 22 heavy (non-hydrogen) atoms. The van der Waals surface area contributed by atoms with Crippen LogP contribution in [0.1, 0.15) is 24.6 Å². The van der Waals surface area contributed by atoms with Gasteiger partial charge >= 0.3 is 0 Å². The number of nitrogens with zero attached hydrogens (tertiary/aromatic N) is 2. The molecule has 1 aromatic carbocycles. The van der Waals surface area contributed by atoms with Crippen molar-refractivity contribution in [3.63, 3.8) is 0 Å². The van der Waals surface area contributed by atoms with E-state index in [0.29, 0.717) is 5.15 Å². The third kappa shape index (κ3) is 3.32. The largest absolute Gasteiger partial charge is 0.507 e. The fourth-order valence-corrected chi connectivity index (χ4v) is 4.80.